The van der Waals surface area contributed by atoms with Crippen LogP contribution in [0, 0.1) is 0 Å². The third-order valence-electron chi connectivity index (χ3n) is 5.14. The van der Waals surface area contributed by atoms with Gasteiger partial charge in [-0.2, -0.15) is 0 Å². The van der Waals surface area contributed by atoms with Gasteiger partial charge in [-0.25, -0.2) is 9.97 Å². The molecule has 7 heteroatoms. The minimum atomic E-state index is -0.132. The first-order chi connectivity index (χ1) is 15.7. The second kappa shape index (κ2) is 9.02. The second-order valence-electron chi connectivity index (χ2n) is 7.25. The van der Waals surface area contributed by atoms with Gasteiger partial charge in [-0.05, 0) is 29.8 Å². The van der Waals surface area contributed by atoms with Crippen molar-refractivity contribution in [3.8, 4) is 5.69 Å². The van der Waals surface area contributed by atoms with E-state index < -0.39 is 0 Å². The minimum Gasteiger partial charge on any atom is -0.322 e. The van der Waals surface area contributed by atoms with Gasteiger partial charge in [-0.1, -0.05) is 78.0 Å². The highest BCUT2D eigenvalue weighted by Gasteiger charge is 2.16. The molecule has 0 N–H and O–H groups in total. The van der Waals surface area contributed by atoms with E-state index in [2.05, 4.69) is 21.7 Å². The number of imidazole rings is 1. The number of hydrogen-bond acceptors (Lipinski definition) is 4. The molecule has 2 heterocycles. The number of rotatable bonds is 6. The Labute approximate surface area is 194 Å². The lowest BCUT2D eigenvalue weighted by Gasteiger charge is -2.15. The van der Waals surface area contributed by atoms with Gasteiger partial charge in [-0.15, -0.1) is 0 Å². The van der Waals surface area contributed by atoms with Gasteiger partial charge in [0.05, 0.1) is 27.4 Å². The molecule has 0 bridgehead atoms. The predicted octanol–water partition coefficient (Wildman–Crippen LogP) is 5.58. The fraction of sp³-hybridized carbons (Fsp3) is 0.0800. The molecule has 2 aromatic heterocycles. The van der Waals surface area contributed by atoms with Gasteiger partial charge < -0.3 is 4.57 Å². The van der Waals surface area contributed by atoms with E-state index in [9.17, 15) is 4.79 Å². The van der Waals surface area contributed by atoms with Crippen LogP contribution in [0.4, 0.5) is 0 Å². The molecule has 0 aliphatic heterocycles. The maximum absolute atomic E-state index is 13.4. The summed E-state index contributed by atoms with van der Waals surface area (Å²) >= 11 is 8.00. The van der Waals surface area contributed by atoms with Gasteiger partial charge in [-0.3, -0.25) is 9.36 Å². The first kappa shape index (κ1) is 20.5. The number of halogens is 1. The van der Waals surface area contributed by atoms with E-state index in [4.69, 9.17) is 16.6 Å². The molecular formula is C25H19ClN4OS. The number of aromatic nitrogens is 4. The summed E-state index contributed by atoms with van der Waals surface area (Å²) in [5, 5.41) is 1.93. The average Bonchev–Trinajstić information content (AvgIpc) is 3.26. The molecule has 0 radical (unpaired) electrons. The van der Waals surface area contributed by atoms with E-state index in [0.29, 0.717) is 33.2 Å². The summed E-state index contributed by atoms with van der Waals surface area (Å²) < 4.78 is 3.71. The molecule has 0 spiro atoms. The van der Waals surface area contributed by atoms with Gasteiger partial charge in [0.25, 0.3) is 5.56 Å². The van der Waals surface area contributed by atoms with Gasteiger partial charge in [0.2, 0.25) is 0 Å². The first-order valence-corrected chi connectivity index (χ1v) is 11.5. The van der Waals surface area contributed by atoms with Crippen LogP contribution < -0.4 is 5.56 Å². The third kappa shape index (κ3) is 4.07. The van der Waals surface area contributed by atoms with Crippen LogP contribution in [-0.2, 0) is 12.3 Å². The zero-order valence-corrected chi connectivity index (χ0v) is 18.6. The van der Waals surface area contributed by atoms with Crippen molar-refractivity contribution in [1.82, 2.24) is 19.1 Å². The summed E-state index contributed by atoms with van der Waals surface area (Å²) in [5.41, 5.74) is 2.36. The molecule has 3 aromatic carbocycles. The van der Waals surface area contributed by atoms with Crippen molar-refractivity contribution < 1.29 is 0 Å². The summed E-state index contributed by atoms with van der Waals surface area (Å²) in [4.78, 5) is 22.7. The molecule has 0 amide bonds. The highest BCUT2D eigenvalue weighted by Crippen LogP contribution is 2.26. The van der Waals surface area contributed by atoms with Crippen molar-refractivity contribution in [3.63, 3.8) is 0 Å². The van der Waals surface area contributed by atoms with Crippen molar-refractivity contribution in [2.75, 3.05) is 0 Å². The van der Waals surface area contributed by atoms with E-state index in [1.807, 2.05) is 60.8 Å². The summed E-state index contributed by atoms with van der Waals surface area (Å²) in [5.74, 6) is 1.10. The zero-order chi connectivity index (χ0) is 21.9. The molecule has 0 aliphatic carbocycles. The smallest absolute Gasteiger partial charge is 0.266 e. The predicted molar refractivity (Wildman–Crippen MR) is 130 cm³/mol. The van der Waals surface area contributed by atoms with Crippen LogP contribution in [0.5, 0.6) is 0 Å². The Balaban J connectivity index is 1.53. The first-order valence-electron chi connectivity index (χ1n) is 10.1. The number of fused-ring (bicyclic) bond motifs is 1. The lowest BCUT2D eigenvalue weighted by atomic mass is 10.2. The Morgan fingerprint density at radius 3 is 2.50 bits per heavy atom. The summed E-state index contributed by atoms with van der Waals surface area (Å²) in [7, 11) is 0. The van der Waals surface area contributed by atoms with E-state index in [1.165, 1.54) is 5.56 Å². The van der Waals surface area contributed by atoms with Crippen molar-refractivity contribution in [1.29, 1.82) is 0 Å². The number of para-hydroxylation sites is 2. The van der Waals surface area contributed by atoms with Crippen molar-refractivity contribution >= 4 is 34.3 Å². The van der Waals surface area contributed by atoms with E-state index in [0.717, 1.165) is 11.7 Å². The van der Waals surface area contributed by atoms with Gasteiger partial charge in [0.15, 0.2) is 5.16 Å². The van der Waals surface area contributed by atoms with E-state index in [-0.39, 0.29) is 5.56 Å². The summed E-state index contributed by atoms with van der Waals surface area (Å²) in [6, 6.07) is 25.0. The second-order valence-corrected chi connectivity index (χ2v) is 8.60. The van der Waals surface area contributed by atoms with Crippen molar-refractivity contribution in [2.24, 2.45) is 0 Å². The fourth-order valence-corrected chi connectivity index (χ4v) is 4.72. The van der Waals surface area contributed by atoms with E-state index in [1.54, 1.807) is 34.7 Å². The highest BCUT2D eigenvalue weighted by molar-refractivity contribution is 7.98. The van der Waals surface area contributed by atoms with Crippen LogP contribution in [0.1, 0.15) is 11.4 Å². The molecule has 0 saturated heterocycles. The standard InChI is InChI=1S/C25H19ClN4OS/c26-20-11-5-7-13-22(20)30-23(28-21-12-6-4-10-19(21)24(30)31)17-32-25-27-14-15-29(25)16-18-8-2-1-3-9-18/h1-15H,16-17H2. The van der Waals surface area contributed by atoms with Crippen LogP contribution in [-0.4, -0.2) is 19.1 Å². The largest absolute Gasteiger partial charge is 0.322 e. The van der Waals surface area contributed by atoms with Crippen LogP contribution in [0.15, 0.2) is 101 Å². The van der Waals surface area contributed by atoms with E-state index >= 15 is 0 Å². The van der Waals surface area contributed by atoms with Gasteiger partial charge in [0, 0.05) is 18.9 Å². The minimum absolute atomic E-state index is 0.132. The molecule has 0 saturated carbocycles. The maximum Gasteiger partial charge on any atom is 0.266 e. The number of nitrogens with zero attached hydrogens (tertiary/aromatic N) is 4. The van der Waals surface area contributed by atoms with Crippen molar-refractivity contribution in [2.45, 2.75) is 17.5 Å². The SMILES string of the molecule is O=c1c2ccccc2nc(CSc2nccn2Cc2ccccc2)n1-c1ccccc1Cl. The lowest BCUT2D eigenvalue weighted by Crippen LogP contribution is -2.24. The molecule has 0 unspecified atom stereocenters. The summed E-state index contributed by atoms with van der Waals surface area (Å²) in [6.45, 7) is 0.728. The quantitative estimate of drug-likeness (QED) is 0.312. The van der Waals surface area contributed by atoms with Gasteiger partial charge >= 0.3 is 0 Å². The third-order valence-corrected chi connectivity index (χ3v) is 6.46. The molecule has 0 atom stereocenters. The molecule has 5 aromatic rings. The monoisotopic (exact) mass is 458 g/mol. The van der Waals surface area contributed by atoms with Crippen molar-refractivity contribution in [3.05, 3.63) is 118 Å². The molecule has 0 fully saturated rings. The Bertz CT molecular complexity index is 1450. The topological polar surface area (TPSA) is 52.7 Å². The van der Waals surface area contributed by atoms with Crippen LogP contribution in [0.25, 0.3) is 16.6 Å². The Kier molecular flexibility index (Phi) is 5.79. The number of hydrogen-bond donors (Lipinski definition) is 0. The molecular weight excluding hydrogens is 440 g/mol. The number of benzene rings is 3. The maximum atomic E-state index is 13.4. The zero-order valence-electron chi connectivity index (χ0n) is 17.1. The Hall–Kier alpha value is -3.35. The molecule has 0 aliphatic rings. The molecule has 158 valence electrons. The Morgan fingerprint density at radius 2 is 1.66 bits per heavy atom. The molecule has 32 heavy (non-hydrogen) atoms. The fourth-order valence-electron chi connectivity index (χ4n) is 3.62. The molecule has 5 nitrogen and oxygen atoms in total. The highest BCUT2D eigenvalue weighted by atomic mass is 35.5. The van der Waals surface area contributed by atoms with Crippen LogP contribution in [0.2, 0.25) is 5.02 Å². The average molecular weight is 459 g/mol. The number of thioether (sulfide) groups is 1. The van der Waals surface area contributed by atoms with Gasteiger partial charge in [0.1, 0.15) is 5.82 Å². The normalized spacial score (nSPS) is 11.2. The lowest BCUT2D eigenvalue weighted by molar-refractivity contribution is 0.708. The molecule has 5 rings (SSSR count). The summed E-state index contributed by atoms with van der Waals surface area (Å²) in [6.07, 6.45) is 3.75. The Morgan fingerprint density at radius 1 is 0.906 bits per heavy atom. The van der Waals surface area contributed by atoms with Crippen LogP contribution >= 0.6 is 23.4 Å². The van der Waals surface area contributed by atoms with Crippen LogP contribution in [0.3, 0.4) is 0 Å².